The van der Waals surface area contributed by atoms with Crippen molar-refractivity contribution in [1.82, 2.24) is 20.6 Å². The summed E-state index contributed by atoms with van der Waals surface area (Å²) in [6.45, 7) is 1.58. The van der Waals surface area contributed by atoms with E-state index in [0.717, 1.165) is 26.6 Å². The Labute approximate surface area is 197 Å². The molecule has 3 aromatic rings. The second-order valence-electron chi connectivity index (χ2n) is 8.61. The molecule has 3 amide bonds. The minimum Gasteiger partial charge on any atom is -0.367 e. The molecule has 0 aliphatic carbocycles. The minimum absolute atomic E-state index is 0.0587. The lowest BCUT2D eigenvalue weighted by Crippen LogP contribution is -2.48. The third-order valence-corrected chi connectivity index (χ3v) is 6.19. The lowest BCUT2D eigenvalue weighted by Gasteiger charge is -2.32. The summed E-state index contributed by atoms with van der Waals surface area (Å²) in [5.41, 5.74) is 5.23. The number of imide groups is 1. The van der Waals surface area contributed by atoms with Crippen molar-refractivity contribution in [1.29, 1.82) is 0 Å². The van der Waals surface area contributed by atoms with E-state index in [1.54, 1.807) is 31.2 Å². The molecule has 35 heavy (non-hydrogen) atoms. The zero-order chi connectivity index (χ0) is 24.9. The molecular weight excluding hydrogens is 465 g/mol. The molecule has 0 radical (unpaired) electrons. The van der Waals surface area contributed by atoms with Crippen LogP contribution in [0.3, 0.4) is 0 Å². The van der Waals surface area contributed by atoms with Crippen LogP contribution >= 0.6 is 0 Å². The first-order valence-electron chi connectivity index (χ1n) is 11.0. The van der Waals surface area contributed by atoms with Crippen molar-refractivity contribution in [2.24, 2.45) is 0 Å². The number of alkyl halides is 3. The minimum atomic E-state index is -4.52. The molecule has 0 bridgehead atoms. The van der Waals surface area contributed by atoms with Crippen LogP contribution in [0, 0.1) is 0 Å². The van der Waals surface area contributed by atoms with Gasteiger partial charge in [0.25, 0.3) is 11.8 Å². The number of halogens is 3. The van der Waals surface area contributed by atoms with Crippen molar-refractivity contribution >= 4 is 40.0 Å². The fraction of sp³-hybridized carbons (Fsp3) is 0.304. The summed E-state index contributed by atoms with van der Waals surface area (Å²) in [6.07, 6.45) is -3.90. The maximum absolute atomic E-state index is 13.4. The van der Waals surface area contributed by atoms with Crippen molar-refractivity contribution < 1.29 is 27.6 Å². The number of carbonyl (C=O) groups is 3. The van der Waals surface area contributed by atoms with Gasteiger partial charge >= 0.3 is 6.18 Å². The van der Waals surface area contributed by atoms with E-state index in [0.29, 0.717) is 5.69 Å². The second kappa shape index (κ2) is 8.38. The third kappa shape index (κ3) is 3.99. The smallest absolute Gasteiger partial charge is 0.367 e. The number of hydrogen-bond acceptors (Lipinski definition) is 6. The molecule has 1 saturated heterocycles. The molecule has 0 spiro atoms. The number of benzene rings is 2. The highest BCUT2D eigenvalue weighted by molar-refractivity contribution is 6.25. The highest BCUT2D eigenvalue weighted by Gasteiger charge is 2.46. The Morgan fingerprint density at radius 2 is 1.89 bits per heavy atom. The van der Waals surface area contributed by atoms with E-state index >= 15 is 0 Å². The van der Waals surface area contributed by atoms with Gasteiger partial charge in [0.05, 0.1) is 18.3 Å². The van der Waals surface area contributed by atoms with E-state index in [-0.39, 0.29) is 24.2 Å². The first kappa shape index (κ1) is 22.8. The van der Waals surface area contributed by atoms with Crippen LogP contribution in [0.2, 0.25) is 0 Å². The maximum atomic E-state index is 13.4. The van der Waals surface area contributed by atoms with Crippen molar-refractivity contribution in [3.8, 4) is 0 Å². The lowest BCUT2D eigenvalue weighted by molar-refractivity contribution is -0.173. The number of amides is 3. The van der Waals surface area contributed by atoms with Gasteiger partial charge in [-0.3, -0.25) is 19.8 Å². The molecule has 1 aromatic heterocycles. The predicted molar refractivity (Wildman–Crippen MR) is 120 cm³/mol. The van der Waals surface area contributed by atoms with Crippen LogP contribution in [0.15, 0.2) is 48.7 Å². The molecule has 2 aliphatic rings. The number of aromatic nitrogens is 2. The second-order valence-corrected chi connectivity index (χ2v) is 8.61. The van der Waals surface area contributed by atoms with E-state index in [9.17, 15) is 27.6 Å². The predicted octanol–water partition coefficient (Wildman–Crippen LogP) is 2.91. The van der Waals surface area contributed by atoms with Gasteiger partial charge in [-0.15, -0.1) is 0 Å². The largest absolute Gasteiger partial charge is 0.410 e. The Bertz CT molecular complexity index is 1330. The molecule has 3 N–H and O–H groups in total. The summed E-state index contributed by atoms with van der Waals surface area (Å²) in [6, 6.07) is 9.17. The zero-order valence-electron chi connectivity index (χ0n) is 18.5. The van der Waals surface area contributed by atoms with Gasteiger partial charge in [0.15, 0.2) is 6.04 Å². The highest BCUT2D eigenvalue weighted by atomic mass is 19.4. The molecule has 2 aliphatic heterocycles. The van der Waals surface area contributed by atoms with Gasteiger partial charge in [-0.1, -0.05) is 36.4 Å². The summed E-state index contributed by atoms with van der Waals surface area (Å²) in [5.74, 6) is -1.83. The third-order valence-electron chi connectivity index (χ3n) is 6.19. The summed E-state index contributed by atoms with van der Waals surface area (Å²) in [4.78, 5) is 39.5. The number of anilines is 2. The Kier molecular flexibility index (Phi) is 5.47. The summed E-state index contributed by atoms with van der Waals surface area (Å²) < 4.78 is 41.1. The molecule has 12 heteroatoms. The van der Waals surface area contributed by atoms with E-state index in [1.165, 1.54) is 0 Å². The van der Waals surface area contributed by atoms with Gasteiger partial charge in [-0.05, 0) is 24.8 Å². The van der Waals surface area contributed by atoms with Crippen LogP contribution in [0.25, 0.3) is 10.8 Å². The van der Waals surface area contributed by atoms with Crippen LogP contribution in [0.5, 0.6) is 0 Å². The first-order chi connectivity index (χ1) is 16.6. The van der Waals surface area contributed by atoms with Gasteiger partial charge in [-0.25, -0.2) is 15.0 Å². The number of fused-ring (bicyclic) bond motifs is 2. The topological polar surface area (TPSA) is 108 Å². The number of hydrazine groups is 1. The molecule has 5 rings (SSSR count). The molecule has 3 heterocycles. The maximum Gasteiger partial charge on any atom is 0.410 e. The number of hydrogen-bond donors (Lipinski definition) is 3. The monoisotopic (exact) mass is 486 g/mol. The molecule has 2 aromatic carbocycles. The van der Waals surface area contributed by atoms with Gasteiger partial charge in [0.1, 0.15) is 17.4 Å². The van der Waals surface area contributed by atoms with Crippen molar-refractivity contribution in [3.63, 3.8) is 0 Å². The summed E-state index contributed by atoms with van der Waals surface area (Å²) >= 11 is 0. The quantitative estimate of drug-likeness (QED) is 0.387. The van der Waals surface area contributed by atoms with E-state index in [4.69, 9.17) is 0 Å². The molecule has 0 unspecified atom stereocenters. The number of nitrogens with one attached hydrogen (secondary N) is 3. The molecular formula is C23H21F3N6O3. The van der Waals surface area contributed by atoms with Crippen molar-refractivity contribution in [3.05, 3.63) is 54.2 Å². The first-order valence-corrected chi connectivity index (χ1v) is 11.0. The number of nitrogens with zero attached hydrogens (tertiary/aromatic N) is 3. The van der Waals surface area contributed by atoms with E-state index in [2.05, 4.69) is 21.3 Å². The SMILES string of the molecule is C[C@H]1C[C@H](C(F)(F)F)n2ncc(C(=O)NN[C@@H]3CC(=O)N(c4cccc5ccccc45)C3=O)c2N1. The molecule has 1 fully saturated rings. The van der Waals surface area contributed by atoms with Crippen molar-refractivity contribution in [2.45, 2.75) is 44.1 Å². The van der Waals surface area contributed by atoms with Gasteiger partial charge in [-0.2, -0.15) is 18.3 Å². The molecule has 182 valence electrons. The normalized spacial score (nSPS) is 22.3. The van der Waals surface area contributed by atoms with Crippen LogP contribution in [0.1, 0.15) is 36.2 Å². The Hall–Kier alpha value is -3.93. The number of rotatable bonds is 4. The average molecular weight is 486 g/mol. The zero-order valence-corrected chi connectivity index (χ0v) is 18.5. The standard InChI is InChI=1S/C23H21F3N6O3/c1-12-9-18(23(24,25)26)32-20(28-12)15(11-27-32)21(34)30-29-16-10-19(33)31(22(16)35)17-8-4-6-13-5-2-3-7-14(13)17/h2-8,11-12,16,18,28-29H,9-10H2,1H3,(H,30,34)/t12-,16+,18+/m0/s1. The summed E-state index contributed by atoms with van der Waals surface area (Å²) in [5, 5.41) is 8.22. The molecule has 0 saturated carbocycles. The van der Waals surface area contributed by atoms with Gasteiger partial charge in [0.2, 0.25) is 5.91 Å². The Balaban J connectivity index is 1.32. The van der Waals surface area contributed by atoms with Gasteiger partial charge < -0.3 is 5.32 Å². The Morgan fingerprint density at radius 1 is 1.14 bits per heavy atom. The van der Waals surface area contributed by atoms with Crippen LogP contribution in [0.4, 0.5) is 24.7 Å². The van der Waals surface area contributed by atoms with Crippen LogP contribution in [-0.4, -0.2) is 45.8 Å². The number of carbonyl (C=O) groups excluding carboxylic acids is 3. The molecule has 9 nitrogen and oxygen atoms in total. The lowest BCUT2D eigenvalue weighted by atomic mass is 10.1. The van der Waals surface area contributed by atoms with E-state index in [1.807, 2.05) is 18.2 Å². The average Bonchev–Trinajstić information content (AvgIpc) is 3.36. The fourth-order valence-corrected chi connectivity index (χ4v) is 4.53. The van der Waals surface area contributed by atoms with E-state index < -0.39 is 42.0 Å². The fourth-order valence-electron chi connectivity index (χ4n) is 4.53. The molecule has 3 atom stereocenters. The van der Waals surface area contributed by atoms with Crippen LogP contribution < -0.4 is 21.1 Å². The Morgan fingerprint density at radius 3 is 2.66 bits per heavy atom. The summed E-state index contributed by atoms with van der Waals surface area (Å²) in [7, 11) is 0. The van der Waals surface area contributed by atoms with Gasteiger partial charge in [0, 0.05) is 11.4 Å². The van der Waals surface area contributed by atoms with Crippen molar-refractivity contribution in [2.75, 3.05) is 10.2 Å². The highest BCUT2D eigenvalue weighted by Crippen LogP contribution is 2.40. The van der Waals surface area contributed by atoms with Crippen LogP contribution in [-0.2, 0) is 9.59 Å².